The Balaban J connectivity index is 1.84. The average Bonchev–Trinajstić information content (AvgIpc) is 3.11. The number of anilines is 2. The minimum Gasteiger partial charge on any atom is -0.497 e. The van der Waals surface area contributed by atoms with Crippen LogP contribution in [0.25, 0.3) is 0 Å². The van der Waals surface area contributed by atoms with Gasteiger partial charge >= 0.3 is 0 Å². The highest BCUT2D eigenvalue weighted by atomic mass is 16.5. The van der Waals surface area contributed by atoms with Gasteiger partial charge in [-0.15, -0.1) is 10.2 Å². The van der Waals surface area contributed by atoms with E-state index < -0.39 is 0 Å². The van der Waals surface area contributed by atoms with Crippen LogP contribution in [-0.2, 0) is 9.59 Å². The number of amides is 2. The van der Waals surface area contributed by atoms with Gasteiger partial charge in [0, 0.05) is 24.8 Å². The highest BCUT2D eigenvalue weighted by Gasteiger charge is 2.37. The molecule has 0 saturated carbocycles. The molecule has 0 radical (unpaired) electrons. The maximum atomic E-state index is 13.0. The Morgan fingerprint density at radius 3 is 2.43 bits per heavy atom. The number of likely N-dealkylation sites (N-methyl/N-ethyl adjacent to an activating group) is 1. The predicted molar refractivity (Wildman–Crippen MR) is 106 cm³/mol. The zero-order valence-corrected chi connectivity index (χ0v) is 16.0. The topological polar surface area (TPSA) is 87.5 Å². The zero-order chi connectivity index (χ0) is 20.0. The van der Waals surface area contributed by atoms with Crippen LogP contribution in [0.4, 0.5) is 11.5 Å². The zero-order valence-electron chi connectivity index (χ0n) is 16.0. The first kappa shape index (κ1) is 17.8. The minimum atomic E-state index is -0.310. The smallest absolute Gasteiger partial charge is 0.280 e. The standard InChI is InChI=1S/C20H19N5O3/c1-11(2)25-15-8-7-12(28-4)10-14(15)17(20(25)27)23-22-16-13-6-5-9-21-18(13)24(3)19(16)26/h5-11H,1-4H3/b22-16-,23-17-. The summed E-state index contributed by atoms with van der Waals surface area (Å²) in [7, 11) is 3.19. The first-order valence-corrected chi connectivity index (χ1v) is 8.85. The van der Waals surface area contributed by atoms with Gasteiger partial charge in [0.1, 0.15) is 11.6 Å². The number of aromatic nitrogens is 1. The molecule has 2 aliphatic heterocycles. The molecule has 1 aromatic heterocycles. The molecule has 1 aromatic carbocycles. The Hall–Kier alpha value is -3.55. The fourth-order valence-corrected chi connectivity index (χ4v) is 3.41. The Bertz CT molecular complexity index is 1060. The van der Waals surface area contributed by atoms with Crippen LogP contribution in [0.3, 0.4) is 0 Å². The fraction of sp³-hybridized carbons (Fsp3) is 0.250. The maximum absolute atomic E-state index is 13.0. The third kappa shape index (κ3) is 2.57. The summed E-state index contributed by atoms with van der Waals surface area (Å²) >= 11 is 0. The Kier molecular flexibility index (Phi) is 4.18. The number of nitrogens with zero attached hydrogens (tertiary/aromatic N) is 5. The van der Waals surface area contributed by atoms with E-state index in [0.29, 0.717) is 22.7 Å². The fourth-order valence-electron chi connectivity index (χ4n) is 3.41. The summed E-state index contributed by atoms with van der Waals surface area (Å²) in [5, 5.41) is 8.36. The molecule has 8 heteroatoms. The van der Waals surface area contributed by atoms with E-state index in [-0.39, 0.29) is 29.3 Å². The SMILES string of the molecule is COc1ccc2c(c1)/C(=N/N=C1\C(=O)N(C)c3ncccc31)C(=O)N2C(C)C. The van der Waals surface area contributed by atoms with Gasteiger partial charge in [-0.2, -0.15) is 0 Å². The van der Waals surface area contributed by atoms with E-state index in [9.17, 15) is 9.59 Å². The van der Waals surface area contributed by atoms with Crippen molar-refractivity contribution in [3.05, 3.63) is 47.7 Å². The summed E-state index contributed by atoms with van der Waals surface area (Å²) in [6.45, 7) is 3.86. The number of benzene rings is 1. The maximum Gasteiger partial charge on any atom is 0.280 e. The summed E-state index contributed by atoms with van der Waals surface area (Å²) in [4.78, 5) is 32.8. The second-order valence-electron chi connectivity index (χ2n) is 6.79. The van der Waals surface area contributed by atoms with Gasteiger partial charge in [-0.1, -0.05) is 0 Å². The van der Waals surface area contributed by atoms with Crippen molar-refractivity contribution in [2.75, 3.05) is 24.0 Å². The van der Waals surface area contributed by atoms with Crippen molar-refractivity contribution in [3.8, 4) is 5.75 Å². The van der Waals surface area contributed by atoms with Gasteiger partial charge in [-0.05, 0) is 44.2 Å². The lowest BCUT2D eigenvalue weighted by Crippen LogP contribution is -2.36. The van der Waals surface area contributed by atoms with Crippen LogP contribution in [0, 0.1) is 0 Å². The van der Waals surface area contributed by atoms with Gasteiger partial charge in [-0.25, -0.2) is 4.98 Å². The minimum absolute atomic E-state index is 0.0517. The average molecular weight is 377 g/mol. The van der Waals surface area contributed by atoms with Crippen molar-refractivity contribution in [1.82, 2.24) is 4.98 Å². The van der Waals surface area contributed by atoms with Gasteiger partial charge in [0.25, 0.3) is 11.8 Å². The molecule has 3 heterocycles. The van der Waals surface area contributed by atoms with Crippen LogP contribution in [-0.4, -0.2) is 48.4 Å². The van der Waals surface area contributed by atoms with E-state index in [1.807, 2.05) is 19.9 Å². The molecule has 0 atom stereocenters. The van der Waals surface area contributed by atoms with E-state index in [0.717, 1.165) is 5.69 Å². The quantitative estimate of drug-likeness (QED) is 0.766. The number of carbonyl (C=O) groups is 2. The third-order valence-electron chi connectivity index (χ3n) is 4.77. The van der Waals surface area contributed by atoms with Gasteiger partial charge < -0.3 is 9.64 Å². The Labute approximate surface area is 162 Å². The van der Waals surface area contributed by atoms with Crippen LogP contribution in [0.5, 0.6) is 5.75 Å². The van der Waals surface area contributed by atoms with Crippen LogP contribution in [0.1, 0.15) is 25.0 Å². The first-order valence-electron chi connectivity index (χ1n) is 8.85. The largest absolute Gasteiger partial charge is 0.497 e. The van der Waals surface area contributed by atoms with E-state index >= 15 is 0 Å². The van der Waals surface area contributed by atoms with Crippen LogP contribution < -0.4 is 14.5 Å². The summed E-state index contributed by atoms with van der Waals surface area (Å²) in [6, 6.07) is 8.83. The van der Waals surface area contributed by atoms with Crippen molar-refractivity contribution in [1.29, 1.82) is 0 Å². The number of methoxy groups -OCH3 is 1. The molecule has 28 heavy (non-hydrogen) atoms. The number of pyridine rings is 1. The van der Waals surface area contributed by atoms with E-state index in [1.165, 1.54) is 4.90 Å². The molecular formula is C20H19N5O3. The lowest BCUT2D eigenvalue weighted by molar-refractivity contribution is -0.113. The number of ether oxygens (including phenoxy) is 1. The van der Waals surface area contributed by atoms with Crippen LogP contribution >= 0.6 is 0 Å². The van der Waals surface area contributed by atoms with E-state index in [4.69, 9.17) is 4.74 Å². The molecule has 0 spiro atoms. The van der Waals surface area contributed by atoms with Gasteiger partial charge in [-0.3, -0.25) is 14.5 Å². The molecular weight excluding hydrogens is 358 g/mol. The lowest BCUT2D eigenvalue weighted by Gasteiger charge is -2.21. The van der Waals surface area contributed by atoms with Crippen molar-refractivity contribution in [2.24, 2.45) is 10.2 Å². The molecule has 0 aliphatic carbocycles. The molecule has 4 rings (SSSR count). The second-order valence-corrected chi connectivity index (χ2v) is 6.79. The highest BCUT2D eigenvalue weighted by molar-refractivity contribution is 6.56. The Morgan fingerprint density at radius 1 is 1.04 bits per heavy atom. The third-order valence-corrected chi connectivity index (χ3v) is 4.77. The lowest BCUT2D eigenvalue weighted by atomic mass is 10.1. The van der Waals surface area contributed by atoms with Crippen LogP contribution in [0.15, 0.2) is 46.7 Å². The molecule has 2 aliphatic rings. The highest BCUT2D eigenvalue weighted by Crippen LogP contribution is 2.34. The van der Waals surface area contributed by atoms with Crippen LogP contribution in [0.2, 0.25) is 0 Å². The molecule has 2 amide bonds. The molecule has 142 valence electrons. The van der Waals surface area contributed by atoms with E-state index in [2.05, 4.69) is 15.2 Å². The molecule has 8 nitrogen and oxygen atoms in total. The second kappa shape index (κ2) is 6.56. The number of hydrogen-bond acceptors (Lipinski definition) is 6. The first-order chi connectivity index (χ1) is 13.4. The molecule has 0 bridgehead atoms. The number of hydrogen-bond donors (Lipinski definition) is 0. The summed E-state index contributed by atoms with van der Waals surface area (Å²) < 4.78 is 5.28. The Morgan fingerprint density at radius 2 is 1.75 bits per heavy atom. The summed E-state index contributed by atoms with van der Waals surface area (Å²) in [5.74, 6) is 0.571. The van der Waals surface area contributed by atoms with Crippen molar-refractivity contribution < 1.29 is 14.3 Å². The molecule has 0 fully saturated rings. The molecule has 0 saturated heterocycles. The van der Waals surface area contributed by atoms with Crippen molar-refractivity contribution in [3.63, 3.8) is 0 Å². The number of fused-ring (bicyclic) bond motifs is 2. The van der Waals surface area contributed by atoms with Gasteiger partial charge in [0.15, 0.2) is 11.4 Å². The van der Waals surface area contributed by atoms with Gasteiger partial charge in [0.2, 0.25) is 0 Å². The number of carbonyl (C=O) groups excluding carboxylic acids is 2. The summed E-state index contributed by atoms with van der Waals surface area (Å²) in [5.41, 5.74) is 2.32. The molecule has 0 N–H and O–H groups in total. The number of rotatable bonds is 3. The van der Waals surface area contributed by atoms with E-state index in [1.54, 1.807) is 49.5 Å². The van der Waals surface area contributed by atoms with Gasteiger partial charge in [0.05, 0.1) is 18.4 Å². The molecule has 2 aromatic rings. The van der Waals surface area contributed by atoms with Crippen molar-refractivity contribution >= 4 is 34.7 Å². The molecule has 0 unspecified atom stereocenters. The predicted octanol–water partition coefficient (Wildman–Crippen LogP) is 2.01. The normalized spacial score (nSPS) is 18.5. The summed E-state index contributed by atoms with van der Waals surface area (Å²) in [6.07, 6.45) is 1.61. The van der Waals surface area contributed by atoms with Crippen molar-refractivity contribution in [2.45, 2.75) is 19.9 Å². The monoisotopic (exact) mass is 377 g/mol.